The summed E-state index contributed by atoms with van der Waals surface area (Å²) in [4.78, 5) is 49.8. The second kappa shape index (κ2) is 13.2. The van der Waals surface area contributed by atoms with Gasteiger partial charge in [-0.05, 0) is 48.5 Å². The Bertz CT molecular complexity index is 803. The maximum atomic E-state index is 12.0. The fourth-order valence-electron chi connectivity index (χ4n) is 3.36. The van der Waals surface area contributed by atoms with Crippen LogP contribution in [0.25, 0.3) is 0 Å². The van der Waals surface area contributed by atoms with Crippen LogP contribution in [-0.2, 0) is 38.0 Å². The molecule has 3 atom stereocenters. The number of esters is 2. The maximum absolute atomic E-state index is 12.0. The van der Waals surface area contributed by atoms with Crippen LogP contribution in [0.2, 0.25) is 0 Å². The minimum Gasteiger partial charge on any atom is -0.467 e. The van der Waals surface area contributed by atoms with Crippen molar-refractivity contribution in [3.63, 3.8) is 0 Å². The number of methoxy groups -OCH3 is 2. The van der Waals surface area contributed by atoms with Gasteiger partial charge in [-0.3, -0.25) is 0 Å². The Morgan fingerprint density at radius 2 is 1.41 bits per heavy atom. The summed E-state index contributed by atoms with van der Waals surface area (Å²) in [6.07, 6.45) is -2.81. The first-order valence-electron chi connectivity index (χ1n) is 12.0. The first-order chi connectivity index (χ1) is 17.0. The lowest BCUT2D eigenvalue weighted by Crippen LogP contribution is -2.63. The molecule has 1 N–H and O–H groups in total. The molecule has 2 heterocycles. The second-order valence-corrected chi connectivity index (χ2v) is 10.6. The predicted molar refractivity (Wildman–Crippen MR) is 130 cm³/mol. The fraction of sp³-hybridized carbons (Fsp3) is 0.833. The van der Waals surface area contributed by atoms with Crippen molar-refractivity contribution in [1.82, 2.24) is 9.80 Å². The molecule has 0 saturated carbocycles. The lowest BCUT2D eigenvalue weighted by Gasteiger charge is -2.42. The molecule has 2 aliphatic rings. The van der Waals surface area contributed by atoms with Gasteiger partial charge in [0.25, 0.3) is 0 Å². The van der Waals surface area contributed by atoms with Crippen molar-refractivity contribution in [2.24, 2.45) is 0 Å². The molecule has 13 nitrogen and oxygen atoms in total. The third kappa shape index (κ3) is 9.97. The van der Waals surface area contributed by atoms with E-state index in [1.165, 1.54) is 30.9 Å². The number of nitrogens with zero attached hydrogens (tertiary/aromatic N) is 2. The molecule has 37 heavy (non-hydrogen) atoms. The largest absolute Gasteiger partial charge is 0.467 e. The third-order valence-electron chi connectivity index (χ3n) is 5.19. The van der Waals surface area contributed by atoms with Crippen LogP contribution >= 0.6 is 0 Å². The van der Waals surface area contributed by atoms with Crippen LogP contribution in [0.1, 0.15) is 48.5 Å². The monoisotopic (exact) mass is 534 g/mol. The number of carbonyl (C=O) groups is 4. The highest BCUT2D eigenvalue weighted by Gasteiger charge is 2.50. The number of aliphatic hydroxyl groups excluding tert-OH is 1. The minimum absolute atomic E-state index is 0.105. The summed E-state index contributed by atoms with van der Waals surface area (Å²) in [5.74, 6) is -1.18. The van der Waals surface area contributed by atoms with Crippen molar-refractivity contribution in [2.45, 2.75) is 77.5 Å². The summed E-state index contributed by atoms with van der Waals surface area (Å²) in [6.45, 7) is 13.3. The van der Waals surface area contributed by atoms with Crippen LogP contribution < -0.4 is 0 Å². The molecule has 3 unspecified atom stereocenters. The molecule has 2 fully saturated rings. The van der Waals surface area contributed by atoms with Gasteiger partial charge in [-0.2, -0.15) is 0 Å². The number of hydrogen-bond donors (Lipinski definition) is 1. The fourth-order valence-corrected chi connectivity index (χ4v) is 3.36. The van der Waals surface area contributed by atoms with Crippen LogP contribution in [0.3, 0.4) is 0 Å². The van der Waals surface area contributed by atoms with E-state index in [0.717, 1.165) is 0 Å². The van der Waals surface area contributed by atoms with Gasteiger partial charge in [-0.25, -0.2) is 19.2 Å². The first-order valence-corrected chi connectivity index (χ1v) is 12.0. The van der Waals surface area contributed by atoms with Crippen molar-refractivity contribution in [1.29, 1.82) is 0 Å². The topological polar surface area (TPSA) is 150 Å². The number of ether oxygens (including phenoxy) is 6. The number of carbonyl (C=O) groups excluding carboxylic acids is 4. The van der Waals surface area contributed by atoms with Gasteiger partial charge < -0.3 is 43.3 Å². The summed E-state index contributed by atoms with van der Waals surface area (Å²) in [6, 6.07) is 0. The smallest absolute Gasteiger partial charge is 0.410 e. The van der Waals surface area contributed by atoms with E-state index in [2.05, 4.69) is 9.47 Å². The van der Waals surface area contributed by atoms with Gasteiger partial charge >= 0.3 is 24.1 Å². The Labute approximate surface area is 218 Å². The van der Waals surface area contributed by atoms with Gasteiger partial charge in [-0.15, -0.1) is 0 Å². The van der Waals surface area contributed by atoms with Crippen molar-refractivity contribution in [3.8, 4) is 0 Å². The molecule has 0 bridgehead atoms. The quantitative estimate of drug-likeness (QED) is 0.413. The Kier molecular flexibility index (Phi) is 11.6. The van der Waals surface area contributed by atoms with E-state index in [1.807, 2.05) is 0 Å². The minimum atomic E-state index is -1.57. The molecule has 0 aromatic rings. The van der Waals surface area contributed by atoms with Crippen LogP contribution in [0, 0.1) is 0 Å². The number of rotatable bonds is 3. The van der Waals surface area contributed by atoms with Crippen molar-refractivity contribution < 1.29 is 52.7 Å². The van der Waals surface area contributed by atoms with Gasteiger partial charge in [0.2, 0.25) is 5.60 Å². The normalized spacial score (nSPS) is 23.1. The van der Waals surface area contributed by atoms with E-state index >= 15 is 0 Å². The van der Waals surface area contributed by atoms with E-state index in [4.69, 9.17) is 18.9 Å². The Morgan fingerprint density at radius 1 is 0.892 bits per heavy atom. The number of amides is 2. The predicted octanol–water partition coefficient (Wildman–Crippen LogP) is 1.34. The highest BCUT2D eigenvalue weighted by molar-refractivity contribution is 5.82. The van der Waals surface area contributed by atoms with Crippen LogP contribution in [-0.4, -0.2) is 122 Å². The van der Waals surface area contributed by atoms with E-state index in [1.54, 1.807) is 41.5 Å². The van der Waals surface area contributed by atoms with E-state index < -0.39 is 53.1 Å². The van der Waals surface area contributed by atoms with Crippen LogP contribution in [0.4, 0.5) is 9.59 Å². The zero-order chi connectivity index (χ0) is 28.6. The molecule has 2 saturated heterocycles. The highest BCUT2D eigenvalue weighted by Crippen LogP contribution is 2.25. The summed E-state index contributed by atoms with van der Waals surface area (Å²) < 4.78 is 30.4. The summed E-state index contributed by atoms with van der Waals surface area (Å²) in [5.41, 5.74) is -2.74. The summed E-state index contributed by atoms with van der Waals surface area (Å²) in [5, 5.41) is 9.86. The summed E-state index contributed by atoms with van der Waals surface area (Å²) in [7, 11) is 2.50. The van der Waals surface area contributed by atoms with Gasteiger partial charge in [0, 0.05) is 13.1 Å². The standard InChI is InChI=1S/C13H23NO6.C11H19NO5/c1-9(15)13(10(16)18-5)8-14(6-7-19-13)11(17)20-12(2,3)4;1-11(2,3)17-10(14)12-5-6-16-8(7-12)9(13)15-4/h9,15H,6-8H2,1-5H3;8H,5-7H2,1-4H3. The molecule has 13 heteroatoms. The molecule has 0 radical (unpaired) electrons. The molecule has 0 aromatic heterocycles. The third-order valence-corrected chi connectivity index (χ3v) is 5.19. The molecular weight excluding hydrogens is 492 g/mol. The maximum Gasteiger partial charge on any atom is 0.410 e. The number of hydrogen-bond acceptors (Lipinski definition) is 11. The number of morpholine rings is 2. The molecule has 0 aromatic carbocycles. The van der Waals surface area contributed by atoms with E-state index in [9.17, 15) is 24.3 Å². The molecule has 2 rings (SSSR count). The summed E-state index contributed by atoms with van der Waals surface area (Å²) >= 11 is 0. The second-order valence-electron chi connectivity index (χ2n) is 10.6. The number of aliphatic hydroxyl groups is 1. The highest BCUT2D eigenvalue weighted by atomic mass is 16.6. The van der Waals surface area contributed by atoms with Crippen LogP contribution in [0.15, 0.2) is 0 Å². The average Bonchev–Trinajstić information content (AvgIpc) is 2.81. The zero-order valence-corrected chi connectivity index (χ0v) is 23.3. The van der Waals surface area contributed by atoms with Crippen molar-refractivity contribution in [2.75, 3.05) is 53.6 Å². The average molecular weight is 535 g/mol. The molecule has 2 aliphatic heterocycles. The van der Waals surface area contributed by atoms with Crippen LogP contribution in [0.5, 0.6) is 0 Å². The molecule has 2 amide bonds. The molecule has 214 valence electrons. The van der Waals surface area contributed by atoms with Crippen molar-refractivity contribution in [3.05, 3.63) is 0 Å². The van der Waals surface area contributed by atoms with Gasteiger partial charge in [-0.1, -0.05) is 0 Å². The van der Waals surface area contributed by atoms with Gasteiger partial charge in [0.05, 0.1) is 46.6 Å². The lowest BCUT2D eigenvalue weighted by atomic mass is 9.95. The molecule has 0 aliphatic carbocycles. The molecular formula is C24H42N2O11. The lowest BCUT2D eigenvalue weighted by molar-refractivity contribution is -0.198. The van der Waals surface area contributed by atoms with Gasteiger partial charge in [0.1, 0.15) is 11.2 Å². The van der Waals surface area contributed by atoms with Gasteiger partial charge in [0.15, 0.2) is 6.10 Å². The Balaban J connectivity index is 0.000000375. The Hall–Kier alpha value is -2.64. The van der Waals surface area contributed by atoms with E-state index in [-0.39, 0.29) is 19.7 Å². The Morgan fingerprint density at radius 3 is 1.86 bits per heavy atom. The zero-order valence-electron chi connectivity index (χ0n) is 23.3. The van der Waals surface area contributed by atoms with E-state index in [0.29, 0.717) is 19.7 Å². The SMILES string of the molecule is COC(=O)C1(C(C)O)CN(C(=O)OC(C)(C)C)CCO1.COC(=O)C1CN(C(=O)OC(C)(C)C)CCO1. The first kappa shape index (κ1) is 32.4. The molecule has 0 spiro atoms. The van der Waals surface area contributed by atoms with Crippen molar-refractivity contribution >= 4 is 24.1 Å².